The third-order valence-corrected chi connectivity index (χ3v) is 2.90. The molecular weight excluding hydrogens is 246 g/mol. The van der Waals surface area contributed by atoms with Gasteiger partial charge in [-0.3, -0.25) is 9.59 Å². The van der Waals surface area contributed by atoms with E-state index in [4.69, 9.17) is 5.11 Å². The number of hydrogen-bond donors (Lipinski definition) is 3. The van der Waals surface area contributed by atoms with E-state index in [1.54, 1.807) is 13.8 Å². The van der Waals surface area contributed by atoms with Crippen LogP contribution in [-0.2, 0) is 11.2 Å². The normalized spacial score (nSPS) is 12.2. The van der Waals surface area contributed by atoms with Crippen LogP contribution in [0.5, 0.6) is 0 Å². The summed E-state index contributed by atoms with van der Waals surface area (Å²) in [7, 11) is 0. The van der Waals surface area contributed by atoms with Crippen molar-refractivity contribution >= 4 is 5.91 Å². The Kier molecular flexibility index (Phi) is 5.69. The van der Waals surface area contributed by atoms with E-state index in [1.807, 2.05) is 6.92 Å². The van der Waals surface area contributed by atoms with E-state index in [0.717, 1.165) is 0 Å². The second kappa shape index (κ2) is 7.04. The topological polar surface area (TPSA) is 95.1 Å². The van der Waals surface area contributed by atoms with Crippen LogP contribution in [0.25, 0.3) is 0 Å². The first-order chi connectivity index (χ1) is 8.93. The molecule has 1 amide bonds. The van der Waals surface area contributed by atoms with Crippen LogP contribution in [0.1, 0.15) is 30.4 Å². The lowest BCUT2D eigenvalue weighted by Crippen LogP contribution is -2.30. The van der Waals surface area contributed by atoms with Crippen LogP contribution in [0.2, 0.25) is 0 Å². The van der Waals surface area contributed by atoms with Crippen LogP contribution in [0.15, 0.2) is 4.79 Å². The molecule has 1 heterocycles. The van der Waals surface area contributed by atoms with Gasteiger partial charge in [-0.1, -0.05) is 6.92 Å². The predicted molar refractivity (Wildman–Crippen MR) is 71.9 cm³/mol. The number of carbonyl (C=O) groups is 1. The lowest BCUT2D eigenvalue weighted by atomic mass is 10.1. The first kappa shape index (κ1) is 15.4. The summed E-state index contributed by atoms with van der Waals surface area (Å²) in [4.78, 5) is 30.1. The second-order valence-corrected chi connectivity index (χ2v) is 4.81. The molecule has 3 N–H and O–H groups in total. The largest absolute Gasteiger partial charge is 0.396 e. The summed E-state index contributed by atoms with van der Waals surface area (Å²) in [5, 5.41) is 11.6. The van der Waals surface area contributed by atoms with Gasteiger partial charge in [-0.15, -0.1) is 0 Å². The fourth-order valence-electron chi connectivity index (χ4n) is 1.73. The van der Waals surface area contributed by atoms with Gasteiger partial charge in [0.15, 0.2) is 0 Å². The van der Waals surface area contributed by atoms with Gasteiger partial charge in [0.2, 0.25) is 5.91 Å². The monoisotopic (exact) mass is 267 g/mol. The molecular formula is C13H21N3O3. The molecule has 1 atom stereocenters. The molecule has 1 rings (SSSR count). The van der Waals surface area contributed by atoms with E-state index in [-0.39, 0.29) is 30.4 Å². The number of nitrogens with zero attached hydrogens (tertiary/aromatic N) is 1. The van der Waals surface area contributed by atoms with Gasteiger partial charge < -0.3 is 15.4 Å². The average molecular weight is 267 g/mol. The summed E-state index contributed by atoms with van der Waals surface area (Å²) in [6.07, 6.45) is 0.612. The van der Waals surface area contributed by atoms with Gasteiger partial charge >= 0.3 is 0 Å². The Bertz CT molecular complexity index is 496. The Labute approximate surface area is 112 Å². The first-order valence-corrected chi connectivity index (χ1v) is 6.38. The highest BCUT2D eigenvalue weighted by molar-refractivity contribution is 5.76. The third-order valence-electron chi connectivity index (χ3n) is 2.90. The number of amides is 1. The van der Waals surface area contributed by atoms with Gasteiger partial charge in [-0.05, 0) is 26.2 Å². The van der Waals surface area contributed by atoms with Crippen molar-refractivity contribution in [1.29, 1.82) is 0 Å². The standard InChI is InChI=1S/C13H21N3O3/c1-8(7-17)6-14-12(18)5-4-11-9(2)15-10(3)16-13(11)19/h8,17H,4-7H2,1-3H3,(H,14,18)(H,15,16,19). The molecule has 1 unspecified atom stereocenters. The molecule has 0 spiro atoms. The van der Waals surface area contributed by atoms with E-state index in [9.17, 15) is 9.59 Å². The summed E-state index contributed by atoms with van der Waals surface area (Å²) >= 11 is 0. The van der Waals surface area contributed by atoms with E-state index in [2.05, 4.69) is 15.3 Å². The zero-order valence-electron chi connectivity index (χ0n) is 11.6. The van der Waals surface area contributed by atoms with Crippen molar-refractivity contribution in [2.24, 2.45) is 5.92 Å². The number of aromatic nitrogens is 2. The Hall–Kier alpha value is -1.69. The van der Waals surface area contributed by atoms with Gasteiger partial charge in [-0.25, -0.2) is 4.98 Å². The molecule has 0 aromatic carbocycles. The van der Waals surface area contributed by atoms with E-state index in [1.165, 1.54) is 0 Å². The first-order valence-electron chi connectivity index (χ1n) is 6.38. The molecule has 0 fully saturated rings. The van der Waals surface area contributed by atoms with Gasteiger partial charge in [-0.2, -0.15) is 0 Å². The van der Waals surface area contributed by atoms with Gasteiger partial charge in [0.25, 0.3) is 5.56 Å². The van der Waals surface area contributed by atoms with Crippen molar-refractivity contribution in [2.45, 2.75) is 33.6 Å². The van der Waals surface area contributed by atoms with Gasteiger partial charge in [0.1, 0.15) is 5.82 Å². The quantitative estimate of drug-likeness (QED) is 0.679. The summed E-state index contributed by atoms with van der Waals surface area (Å²) in [6, 6.07) is 0. The minimum atomic E-state index is -0.179. The minimum Gasteiger partial charge on any atom is -0.396 e. The van der Waals surface area contributed by atoms with Crippen molar-refractivity contribution in [2.75, 3.05) is 13.2 Å². The summed E-state index contributed by atoms with van der Waals surface area (Å²) in [6.45, 7) is 5.82. The van der Waals surface area contributed by atoms with Crippen LogP contribution < -0.4 is 10.9 Å². The van der Waals surface area contributed by atoms with E-state index >= 15 is 0 Å². The second-order valence-electron chi connectivity index (χ2n) is 4.81. The predicted octanol–water partition coefficient (Wildman–Crippen LogP) is 0.0639. The van der Waals surface area contributed by atoms with Crippen molar-refractivity contribution in [3.05, 3.63) is 27.4 Å². The molecule has 0 aliphatic rings. The van der Waals surface area contributed by atoms with Crippen LogP contribution in [0.3, 0.4) is 0 Å². The Balaban J connectivity index is 2.53. The van der Waals surface area contributed by atoms with E-state index < -0.39 is 0 Å². The number of hydrogen-bond acceptors (Lipinski definition) is 4. The smallest absolute Gasteiger partial charge is 0.254 e. The lowest BCUT2D eigenvalue weighted by Gasteiger charge is -2.10. The molecule has 6 nitrogen and oxygen atoms in total. The van der Waals surface area contributed by atoms with Crippen LogP contribution in [0, 0.1) is 19.8 Å². The SMILES string of the molecule is Cc1nc(C)c(CCC(=O)NCC(C)CO)c(=O)[nH]1. The molecule has 0 saturated carbocycles. The lowest BCUT2D eigenvalue weighted by molar-refractivity contribution is -0.121. The number of aliphatic hydroxyl groups excluding tert-OH is 1. The highest BCUT2D eigenvalue weighted by Gasteiger charge is 2.10. The molecule has 0 bridgehead atoms. The highest BCUT2D eigenvalue weighted by atomic mass is 16.3. The number of nitrogens with one attached hydrogen (secondary N) is 2. The molecule has 0 radical (unpaired) electrons. The van der Waals surface area contributed by atoms with Crippen LogP contribution in [0.4, 0.5) is 0 Å². The van der Waals surface area contributed by atoms with Crippen molar-refractivity contribution in [3.63, 3.8) is 0 Å². The molecule has 0 aliphatic heterocycles. The van der Waals surface area contributed by atoms with Gasteiger partial charge in [0, 0.05) is 30.8 Å². The van der Waals surface area contributed by atoms with E-state index in [0.29, 0.717) is 30.0 Å². The molecule has 0 aliphatic carbocycles. The number of rotatable bonds is 6. The van der Waals surface area contributed by atoms with Crippen LogP contribution >= 0.6 is 0 Å². The Morgan fingerprint density at radius 2 is 2.16 bits per heavy atom. The Morgan fingerprint density at radius 3 is 2.74 bits per heavy atom. The summed E-state index contributed by atoms with van der Waals surface area (Å²) in [5.41, 5.74) is 1.04. The molecule has 1 aromatic rings. The molecule has 1 aromatic heterocycles. The molecule has 6 heteroatoms. The summed E-state index contributed by atoms with van der Waals surface area (Å²) < 4.78 is 0. The molecule has 0 saturated heterocycles. The Morgan fingerprint density at radius 1 is 1.47 bits per heavy atom. The highest BCUT2D eigenvalue weighted by Crippen LogP contribution is 2.02. The maximum absolute atomic E-state index is 11.7. The summed E-state index contributed by atoms with van der Waals surface area (Å²) in [5.74, 6) is 0.488. The maximum atomic E-state index is 11.7. The zero-order valence-corrected chi connectivity index (χ0v) is 11.6. The number of aliphatic hydroxyl groups is 1. The fraction of sp³-hybridized carbons (Fsp3) is 0.615. The zero-order chi connectivity index (χ0) is 14.4. The van der Waals surface area contributed by atoms with Crippen LogP contribution in [-0.4, -0.2) is 34.1 Å². The van der Waals surface area contributed by atoms with Gasteiger partial charge in [0.05, 0.1) is 0 Å². The van der Waals surface area contributed by atoms with Crippen molar-refractivity contribution in [3.8, 4) is 0 Å². The fourth-order valence-corrected chi connectivity index (χ4v) is 1.73. The average Bonchev–Trinajstić information content (AvgIpc) is 2.34. The maximum Gasteiger partial charge on any atom is 0.254 e. The number of carbonyl (C=O) groups excluding carboxylic acids is 1. The molecule has 106 valence electrons. The van der Waals surface area contributed by atoms with Crippen molar-refractivity contribution in [1.82, 2.24) is 15.3 Å². The minimum absolute atomic E-state index is 0.0372. The number of aromatic amines is 1. The van der Waals surface area contributed by atoms with Crippen molar-refractivity contribution < 1.29 is 9.90 Å². The number of aryl methyl sites for hydroxylation is 2. The molecule has 19 heavy (non-hydrogen) atoms. The third kappa shape index (κ3) is 4.82. The number of H-pyrrole nitrogens is 1.